The smallest absolute Gasteiger partial charge is 0.303 e. The van der Waals surface area contributed by atoms with Crippen molar-refractivity contribution in [2.45, 2.75) is 32.2 Å². The van der Waals surface area contributed by atoms with E-state index in [1.54, 1.807) is 12.1 Å². The zero-order valence-corrected chi connectivity index (χ0v) is 11.3. The fraction of sp³-hybridized carbons (Fsp3) is 0.533. The van der Waals surface area contributed by atoms with Gasteiger partial charge < -0.3 is 5.11 Å². The second-order valence-corrected chi connectivity index (χ2v) is 5.36. The van der Waals surface area contributed by atoms with Crippen molar-refractivity contribution in [3.63, 3.8) is 0 Å². The van der Waals surface area contributed by atoms with Gasteiger partial charge in [-0.25, -0.2) is 8.78 Å². The van der Waals surface area contributed by atoms with E-state index >= 15 is 0 Å². The van der Waals surface area contributed by atoms with E-state index in [4.69, 9.17) is 5.11 Å². The van der Waals surface area contributed by atoms with Gasteiger partial charge >= 0.3 is 5.97 Å². The van der Waals surface area contributed by atoms with Crippen LogP contribution in [0, 0.1) is 5.92 Å². The van der Waals surface area contributed by atoms with E-state index in [2.05, 4.69) is 4.90 Å². The van der Waals surface area contributed by atoms with Crippen LogP contribution in [-0.2, 0) is 11.3 Å². The third-order valence-electron chi connectivity index (χ3n) is 3.78. The predicted octanol–water partition coefficient (Wildman–Crippen LogP) is 3.31. The van der Waals surface area contributed by atoms with E-state index in [-0.39, 0.29) is 17.9 Å². The fourth-order valence-corrected chi connectivity index (χ4v) is 2.68. The number of nitrogens with zero attached hydrogens (tertiary/aromatic N) is 1. The Hall–Kier alpha value is -1.49. The Balaban J connectivity index is 1.86. The van der Waals surface area contributed by atoms with Gasteiger partial charge in [0, 0.05) is 18.5 Å². The Morgan fingerprint density at radius 2 is 2.05 bits per heavy atom. The lowest BCUT2D eigenvalue weighted by Gasteiger charge is -2.31. The Labute approximate surface area is 117 Å². The van der Waals surface area contributed by atoms with Crippen LogP contribution in [-0.4, -0.2) is 29.1 Å². The molecule has 1 aliphatic rings. The number of piperidine rings is 1. The summed E-state index contributed by atoms with van der Waals surface area (Å²) in [6.07, 6.45) is -0.479. The molecule has 1 heterocycles. The molecule has 3 nitrogen and oxygen atoms in total. The Morgan fingerprint density at radius 1 is 1.35 bits per heavy atom. The minimum absolute atomic E-state index is 0.0586. The summed E-state index contributed by atoms with van der Waals surface area (Å²) in [5, 5.41) is 8.76. The summed E-state index contributed by atoms with van der Waals surface area (Å²) in [5.41, 5.74) is 0.947. The molecular weight excluding hydrogens is 264 g/mol. The molecule has 110 valence electrons. The number of likely N-dealkylation sites (tertiary alicyclic amines) is 1. The number of hydrogen-bond acceptors (Lipinski definition) is 2. The Morgan fingerprint density at radius 3 is 2.65 bits per heavy atom. The normalized spacial score (nSPS) is 17.6. The highest BCUT2D eigenvalue weighted by Gasteiger charge is 2.21. The minimum atomic E-state index is -2.43. The molecule has 1 aromatic carbocycles. The van der Waals surface area contributed by atoms with E-state index in [0.717, 1.165) is 31.5 Å². The molecule has 20 heavy (non-hydrogen) atoms. The molecule has 0 bridgehead atoms. The summed E-state index contributed by atoms with van der Waals surface area (Å²) >= 11 is 0. The first-order chi connectivity index (χ1) is 9.54. The molecule has 0 radical (unpaired) electrons. The molecular formula is C15H19F2NO2. The van der Waals surface area contributed by atoms with Crippen LogP contribution in [0.4, 0.5) is 8.78 Å². The van der Waals surface area contributed by atoms with Gasteiger partial charge in [-0.05, 0) is 43.5 Å². The first-order valence-corrected chi connectivity index (χ1v) is 6.85. The zero-order chi connectivity index (χ0) is 14.5. The number of carbonyl (C=O) groups is 1. The van der Waals surface area contributed by atoms with Gasteiger partial charge in [-0.15, -0.1) is 0 Å². The van der Waals surface area contributed by atoms with Gasteiger partial charge in [0.05, 0.1) is 0 Å². The molecule has 2 rings (SSSR count). The molecule has 1 fully saturated rings. The van der Waals surface area contributed by atoms with E-state index in [0.29, 0.717) is 6.54 Å². The summed E-state index contributed by atoms with van der Waals surface area (Å²) < 4.78 is 25.3. The van der Waals surface area contributed by atoms with Gasteiger partial charge in [-0.2, -0.15) is 0 Å². The molecule has 0 spiro atoms. The van der Waals surface area contributed by atoms with Crippen molar-refractivity contribution in [2.75, 3.05) is 13.1 Å². The van der Waals surface area contributed by atoms with Crippen molar-refractivity contribution in [3.8, 4) is 0 Å². The lowest BCUT2D eigenvalue weighted by molar-refractivity contribution is -0.138. The monoisotopic (exact) mass is 283 g/mol. The molecule has 0 unspecified atom stereocenters. The van der Waals surface area contributed by atoms with Crippen molar-refractivity contribution in [3.05, 3.63) is 35.4 Å². The van der Waals surface area contributed by atoms with Gasteiger partial charge in [0.25, 0.3) is 6.43 Å². The van der Waals surface area contributed by atoms with Crippen LogP contribution in [0.2, 0.25) is 0 Å². The van der Waals surface area contributed by atoms with Gasteiger partial charge in [0.1, 0.15) is 0 Å². The van der Waals surface area contributed by atoms with Crippen molar-refractivity contribution >= 4 is 5.97 Å². The molecule has 0 saturated carbocycles. The lowest BCUT2D eigenvalue weighted by Crippen LogP contribution is -2.33. The van der Waals surface area contributed by atoms with Crippen molar-refractivity contribution < 1.29 is 18.7 Å². The van der Waals surface area contributed by atoms with Gasteiger partial charge in [0.2, 0.25) is 0 Å². The van der Waals surface area contributed by atoms with E-state index in [1.165, 1.54) is 6.07 Å². The number of halogens is 2. The number of benzene rings is 1. The maximum Gasteiger partial charge on any atom is 0.303 e. The second-order valence-electron chi connectivity index (χ2n) is 5.36. The molecule has 0 atom stereocenters. The number of carboxylic acid groups (broad SMARTS) is 1. The predicted molar refractivity (Wildman–Crippen MR) is 71.7 cm³/mol. The Bertz CT molecular complexity index is 457. The minimum Gasteiger partial charge on any atom is -0.481 e. The van der Waals surface area contributed by atoms with Crippen molar-refractivity contribution in [2.24, 2.45) is 5.92 Å². The molecule has 1 saturated heterocycles. The fourth-order valence-electron chi connectivity index (χ4n) is 2.68. The van der Waals surface area contributed by atoms with Crippen LogP contribution in [0.1, 0.15) is 36.8 Å². The average Bonchev–Trinajstić information content (AvgIpc) is 2.41. The quantitative estimate of drug-likeness (QED) is 0.901. The molecule has 5 heteroatoms. The van der Waals surface area contributed by atoms with Crippen molar-refractivity contribution in [1.82, 2.24) is 4.90 Å². The second kappa shape index (κ2) is 6.79. The summed E-state index contributed by atoms with van der Waals surface area (Å²) in [6, 6.07) is 6.50. The van der Waals surface area contributed by atoms with Crippen LogP contribution in [0.25, 0.3) is 0 Å². The summed E-state index contributed by atoms with van der Waals surface area (Å²) in [6.45, 7) is 2.31. The largest absolute Gasteiger partial charge is 0.481 e. The number of hydrogen-bond donors (Lipinski definition) is 1. The number of carboxylic acids is 1. The van der Waals surface area contributed by atoms with Crippen LogP contribution in [0.15, 0.2) is 24.3 Å². The SMILES string of the molecule is O=C(O)CC1CCN(Cc2cccc(C(F)F)c2)CC1. The van der Waals surface area contributed by atoms with Crippen molar-refractivity contribution in [1.29, 1.82) is 0 Å². The van der Waals surface area contributed by atoms with Gasteiger partial charge in [-0.3, -0.25) is 9.69 Å². The molecule has 1 aliphatic heterocycles. The summed E-state index contributed by atoms with van der Waals surface area (Å²) in [7, 11) is 0. The summed E-state index contributed by atoms with van der Waals surface area (Å²) in [4.78, 5) is 12.9. The van der Waals surface area contributed by atoms with Crippen LogP contribution < -0.4 is 0 Å². The number of alkyl halides is 2. The number of rotatable bonds is 5. The average molecular weight is 283 g/mol. The van der Waals surface area contributed by atoms with E-state index in [9.17, 15) is 13.6 Å². The molecule has 0 amide bonds. The zero-order valence-electron chi connectivity index (χ0n) is 11.3. The van der Waals surface area contributed by atoms with Crippen LogP contribution >= 0.6 is 0 Å². The highest BCUT2D eigenvalue weighted by atomic mass is 19.3. The van der Waals surface area contributed by atoms with Crippen LogP contribution in [0.3, 0.4) is 0 Å². The van der Waals surface area contributed by atoms with Crippen LogP contribution in [0.5, 0.6) is 0 Å². The first kappa shape index (κ1) is 14.9. The highest BCUT2D eigenvalue weighted by Crippen LogP contribution is 2.23. The third kappa shape index (κ3) is 4.27. The van der Waals surface area contributed by atoms with E-state index < -0.39 is 12.4 Å². The van der Waals surface area contributed by atoms with E-state index in [1.807, 2.05) is 6.07 Å². The molecule has 1 N–H and O–H groups in total. The maximum absolute atomic E-state index is 12.6. The standard InChI is InChI=1S/C15H19F2NO2/c16-15(17)13-3-1-2-12(8-13)10-18-6-4-11(5-7-18)9-14(19)20/h1-3,8,11,15H,4-7,9-10H2,(H,19,20). The molecule has 0 aliphatic carbocycles. The van der Waals surface area contributed by atoms with Gasteiger partial charge in [-0.1, -0.05) is 18.2 Å². The first-order valence-electron chi connectivity index (χ1n) is 6.85. The van der Waals surface area contributed by atoms with Gasteiger partial charge in [0.15, 0.2) is 0 Å². The molecule has 0 aromatic heterocycles. The Kier molecular flexibility index (Phi) is 5.06. The third-order valence-corrected chi connectivity index (χ3v) is 3.78. The number of aliphatic carboxylic acids is 1. The lowest BCUT2D eigenvalue weighted by atomic mass is 9.93. The molecule has 1 aromatic rings. The topological polar surface area (TPSA) is 40.5 Å². The maximum atomic E-state index is 12.6. The highest BCUT2D eigenvalue weighted by molar-refractivity contribution is 5.67. The summed E-state index contributed by atoms with van der Waals surface area (Å²) in [5.74, 6) is -0.496.